The van der Waals surface area contributed by atoms with Gasteiger partial charge in [0.25, 0.3) is 17.4 Å². The zero-order chi connectivity index (χ0) is 22.3. The number of non-ortho nitro benzene ring substituents is 1. The minimum absolute atomic E-state index is 0.0346. The van der Waals surface area contributed by atoms with Gasteiger partial charge < -0.3 is 5.11 Å². The first kappa shape index (κ1) is 20.5. The van der Waals surface area contributed by atoms with Crippen molar-refractivity contribution in [3.63, 3.8) is 0 Å². The van der Waals surface area contributed by atoms with Crippen molar-refractivity contribution in [3.8, 4) is 0 Å². The third kappa shape index (κ3) is 3.40. The largest absolute Gasteiger partial charge is 0.507 e. The molecule has 1 aliphatic heterocycles. The van der Waals surface area contributed by atoms with Gasteiger partial charge in [-0.05, 0) is 54.6 Å². The molecule has 1 amide bonds. The third-order valence-electron chi connectivity index (χ3n) is 5.32. The molecule has 3 aromatic rings. The van der Waals surface area contributed by atoms with E-state index in [9.17, 15) is 24.8 Å². The number of para-hydroxylation sites is 1. The molecule has 2 aromatic carbocycles. The highest BCUT2D eigenvalue weighted by molar-refractivity contribution is 7.10. The molecule has 1 fully saturated rings. The lowest BCUT2D eigenvalue weighted by atomic mass is 9.98. The number of nitrogens with zero attached hydrogens (tertiary/aromatic N) is 2. The number of nitro groups is 1. The number of carbonyl (C=O) groups is 2. The third-order valence-corrected chi connectivity index (χ3v) is 6.39. The van der Waals surface area contributed by atoms with Gasteiger partial charge >= 0.3 is 0 Å². The molecule has 1 aliphatic rings. The molecular formula is C23H18N2O5S. The Kier molecular flexibility index (Phi) is 5.16. The van der Waals surface area contributed by atoms with Crippen molar-refractivity contribution in [2.75, 3.05) is 4.90 Å². The Balaban J connectivity index is 1.94. The number of aryl methyl sites for hydroxylation is 2. The number of ketones is 1. The molecule has 1 N–H and O–H groups in total. The average Bonchev–Trinajstić information content (AvgIpc) is 3.29. The summed E-state index contributed by atoms with van der Waals surface area (Å²) in [4.78, 5) is 38.8. The van der Waals surface area contributed by atoms with E-state index in [4.69, 9.17) is 0 Å². The summed E-state index contributed by atoms with van der Waals surface area (Å²) in [7, 11) is 0. The molecule has 4 rings (SSSR count). The normalized spacial score (nSPS) is 17.9. The fourth-order valence-electron chi connectivity index (χ4n) is 3.72. The summed E-state index contributed by atoms with van der Waals surface area (Å²) < 4.78 is 0. The predicted molar refractivity (Wildman–Crippen MR) is 118 cm³/mol. The number of benzene rings is 2. The maximum absolute atomic E-state index is 13.1. The van der Waals surface area contributed by atoms with E-state index in [1.807, 2.05) is 37.4 Å². The Labute approximate surface area is 182 Å². The van der Waals surface area contributed by atoms with Crippen molar-refractivity contribution >= 4 is 40.2 Å². The summed E-state index contributed by atoms with van der Waals surface area (Å²) in [6.45, 7) is 3.74. The molecule has 0 bridgehead atoms. The maximum Gasteiger partial charge on any atom is 0.300 e. The molecule has 156 valence electrons. The van der Waals surface area contributed by atoms with Gasteiger partial charge in [0.15, 0.2) is 0 Å². The second-order valence-corrected chi connectivity index (χ2v) is 8.18. The molecule has 31 heavy (non-hydrogen) atoms. The molecular weight excluding hydrogens is 416 g/mol. The summed E-state index contributed by atoms with van der Waals surface area (Å²) in [6.07, 6.45) is 0. The van der Waals surface area contributed by atoms with Crippen molar-refractivity contribution < 1.29 is 19.6 Å². The lowest BCUT2D eigenvalue weighted by Gasteiger charge is -2.26. The molecule has 1 unspecified atom stereocenters. The number of carbonyl (C=O) groups excluding carboxylic acids is 2. The van der Waals surface area contributed by atoms with Crippen LogP contribution >= 0.6 is 11.3 Å². The summed E-state index contributed by atoms with van der Waals surface area (Å²) in [5.41, 5.74) is 2.36. The van der Waals surface area contributed by atoms with E-state index >= 15 is 0 Å². The summed E-state index contributed by atoms with van der Waals surface area (Å²) in [5, 5.41) is 23.9. The highest BCUT2D eigenvalue weighted by Crippen LogP contribution is 2.45. The van der Waals surface area contributed by atoms with Gasteiger partial charge in [-0.1, -0.05) is 18.2 Å². The number of hydrogen-bond acceptors (Lipinski definition) is 6. The topological polar surface area (TPSA) is 101 Å². The number of thiophene rings is 1. The second kappa shape index (κ2) is 7.81. The zero-order valence-corrected chi connectivity index (χ0v) is 17.6. The number of aliphatic hydroxyl groups is 1. The minimum atomic E-state index is -0.795. The number of nitro benzene ring substituents is 1. The predicted octanol–water partition coefficient (Wildman–Crippen LogP) is 4.90. The fraction of sp³-hybridized carbons (Fsp3) is 0.130. The highest BCUT2D eigenvalue weighted by Gasteiger charge is 2.48. The van der Waals surface area contributed by atoms with Crippen LogP contribution in [0.15, 0.2) is 65.6 Å². The van der Waals surface area contributed by atoms with Crippen molar-refractivity contribution in [2.45, 2.75) is 19.9 Å². The molecule has 0 spiro atoms. The van der Waals surface area contributed by atoms with E-state index < -0.39 is 22.7 Å². The van der Waals surface area contributed by atoms with Gasteiger partial charge in [0, 0.05) is 28.3 Å². The van der Waals surface area contributed by atoms with E-state index in [0.29, 0.717) is 5.69 Å². The first-order valence-corrected chi connectivity index (χ1v) is 10.3. The maximum atomic E-state index is 13.1. The summed E-state index contributed by atoms with van der Waals surface area (Å²) in [5.74, 6) is -1.88. The standard InChI is InChI=1S/C23H18N2O5S/c1-13-5-3-4-6-17(13)24-19(22-14(2)11-12-31-22)18(21(27)23(24)28)20(26)15-7-9-16(10-8-15)25(29)30/h3-12,19,26H,1-2H3/b20-18-. The van der Waals surface area contributed by atoms with Gasteiger partial charge in [0.05, 0.1) is 10.5 Å². The summed E-state index contributed by atoms with van der Waals surface area (Å²) in [6, 6.07) is 13.6. The Hall–Kier alpha value is -3.78. The molecule has 0 saturated carbocycles. The number of Topliss-reactive ketones (excluding diaryl/α,β-unsaturated/α-hetero) is 1. The number of aliphatic hydroxyl groups excluding tert-OH is 1. The van der Waals surface area contributed by atoms with Gasteiger partial charge in [0.1, 0.15) is 11.8 Å². The highest BCUT2D eigenvalue weighted by atomic mass is 32.1. The van der Waals surface area contributed by atoms with Crippen LogP contribution in [0, 0.1) is 24.0 Å². The lowest BCUT2D eigenvalue weighted by Crippen LogP contribution is -2.30. The van der Waals surface area contributed by atoms with Crippen molar-refractivity contribution in [1.29, 1.82) is 0 Å². The van der Waals surface area contributed by atoms with Crippen LogP contribution in [0.5, 0.6) is 0 Å². The second-order valence-electron chi connectivity index (χ2n) is 7.23. The van der Waals surface area contributed by atoms with E-state index in [0.717, 1.165) is 16.0 Å². The van der Waals surface area contributed by atoms with Crippen LogP contribution in [-0.4, -0.2) is 21.7 Å². The fourth-order valence-corrected chi connectivity index (χ4v) is 4.75. The Bertz CT molecular complexity index is 1240. The lowest BCUT2D eigenvalue weighted by molar-refractivity contribution is -0.384. The van der Waals surface area contributed by atoms with Crippen LogP contribution in [0.3, 0.4) is 0 Å². The zero-order valence-electron chi connectivity index (χ0n) is 16.7. The van der Waals surface area contributed by atoms with E-state index in [-0.39, 0.29) is 22.6 Å². The molecule has 1 atom stereocenters. The first-order valence-electron chi connectivity index (χ1n) is 9.46. The van der Waals surface area contributed by atoms with E-state index in [1.54, 1.807) is 12.1 Å². The van der Waals surface area contributed by atoms with Crippen LogP contribution in [0.1, 0.15) is 27.6 Å². The number of rotatable bonds is 4. The molecule has 1 aromatic heterocycles. The average molecular weight is 434 g/mol. The van der Waals surface area contributed by atoms with Gasteiger partial charge in [0.2, 0.25) is 0 Å². The molecule has 0 radical (unpaired) electrons. The van der Waals surface area contributed by atoms with Crippen LogP contribution in [0.25, 0.3) is 5.76 Å². The SMILES string of the molecule is Cc1ccccc1N1C(=O)C(=O)/C(=C(\O)c2ccc([N+](=O)[O-])cc2)C1c1sccc1C. The van der Waals surface area contributed by atoms with Crippen molar-refractivity contribution in [2.24, 2.45) is 0 Å². The van der Waals surface area contributed by atoms with Crippen LogP contribution in [0.4, 0.5) is 11.4 Å². The van der Waals surface area contributed by atoms with E-state index in [2.05, 4.69) is 0 Å². The molecule has 2 heterocycles. The van der Waals surface area contributed by atoms with Crippen molar-refractivity contribution in [3.05, 3.63) is 97.2 Å². The van der Waals surface area contributed by atoms with Gasteiger partial charge in [-0.2, -0.15) is 0 Å². The van der Waals surface area contributed by atoms with Gasteiger partial charge in [-0.15, -0.1) is 11.3 Å². The van der Waals surface area contributed by atoms with Crippen LogP contribution in [0.2, 0.25) is 0 Å². The van der Waals surface area contributed by atoms with E-state index in [1.165, 1.54) is 40.5 Å². The van der Waals surface area contributed by atoms with Gasteiger partial charge in [-0.25, -0.2) is 0 Å². The van der Waals surface area contributed by atoms with Crippen LogP contribution in [-0.2, 0) is 9.59 Å². The van der Waals surface area contributed by atoms with Crippen LogP contribution < -0.4 is 4.90 Å². The molecule has 1 saturated heterocycles. The molecule has 7 nitrogen and oxygen atoms in total. The Morgan fingerprint density at radius 3 is 2.29 bits per heavy atom. The number of amides is 1. The number of anilines is 1. The Morgan fingerprint density at radius 1 is 1.03 bits per heavy atom. The first-order chi connectivity index (χ1) is 14.8. The molecule has 0 aliphatic carbocycles. The smallest absolute Gasteiger partial charge is 0.300 e. The monoisotopic (exact) mass is 434 g/mol. The Morgan fingerprint density at radius 2 is 1.71 bits per heavy atom. The summed E-state index contributed by atoms with van der Waals surface area (Å²) >= 11 is 1.40. The number of hydrogen-bond donors (Lipinski definition) is 1. The molecule has 8 heteroatoms. The van der Waals surface area contributed by atoms with Gasteiger partial charge in [-0.3, -0.25) is 24.6 Å². The minimum Gasteiger partial charge on any atom is -0.507 e. The van der Waals surface area contributed by atoms with Crippen molar-refractivity contribution in [1.82, 2.24) is 0 Å². The quantitative estimate of drug-likeness (QED) is 0.207.